The fourth-order valence-corrected chi connectivity index (χ4v) is 2.60. The van der Waals surface area contributed by atoms with Crippen LogP contribution in [0.2, 0.25) is 0 Å². The summed E-state index contributed by atoms with van der Waals surface area (Å²) in [6.07, 6.45) is 2.42. The standard InChI is InChI=1S/C12H17N5O2/c1-15-10-9(11(18)16(2)12(15)19)13-8(14-10)7-17-5-3-4-6-17/h3-7H2,1-2H3,(H,13,14). The molecule has 19 heavy (non-hydrogen) atoms. The van der Waals surface area contributed by atoms with E-state index in [9.17, 15) is 9.59 Å². The molecule has 0 aromatic carbocycles. The summed E-state index contributed by atoms with van der Waals surface area (Å²) in [4.78, 5) is 33.6. The smallest absolute Gasteiger partial charge is 0.332 e. The van der Waals surface area contributed by atoms with Crippen molar-refractivity contribution in [3.05, 3.63) is 26.7 Å². The van der Waals surface area contributed by atoms with Crippen LogP contribution in [0.1, 0.15) is 18.7 Å². The van der Waals surface area contributed by atoms with Crippen LogP contribution in [-0.4, -0.2) is 37.1 Å². The van der Waals surface area contributed by atoms with Crippen LogP contribution in [-0.2, 0) is 20.6 Å². The Balaban J connectivity index is 2.10. The van der Waals surface area contributed by atoms with E-state index >= 15 is 0 Å². The number of fused-ring (bicyclic) bond motifs is 1. The summed E-state index contributed by atoms with van der Waals surface area (Å²) in [6, 6.07) is 0. The number of nitrogens with zero attached hydrogens (tertiary/aromatic N) is 4. The lowest BCUT2D eigenvalue weighted by atomic mass is 10.4. The van der Waals surface area contributed by atoms with Crippen molar-refractivity contribution in [1.29, 1.82) is 0 Å². The molecule has 3 heterocycles. The van der Waals surface area contributed by atoms with Crippen LogP contribution in [0.25, 0.3) is 11.2 Å². The van der Waals surface area contributed by atoms with Crippen molar-refractivity contribution in [3.8, 4) is 0 Å². The summed E-state index contributed by atoms with van der Waals surface area (Å²) in [5.41, 5.74) is 0.163. The Bertz CT molecular complexity index is 733. The molecule has 0 atom stereocenters. The molecular formula is C12H17N5O2. The van der Waals surface area contributed by atoms with Gasteiger partial charge < -0.3 is 4.98 Å². The Kier molecular flexibility index (Phi) is 2.78. The van der Waals surface area contributed by atoms with Gasteiger partial charge in [0.05, 0.1) is 6.54 Å². The summed E-state index contributed by atoms with van der Waals surface area (Å²) in [7, 11) is 3.11. The minimum Gasteiger partial charge on any atom is -0.335 e. The normalized spacial score (nSPS) is 16.5. The van der Waals surface area contributed by atoms with E-state index in [0.717, 1.165) is 23.5 Å². The summed E-state index contributed by atoms with van der Waals surface area (Å²) < 4.78 is 2.50. The van der Waals surface area contributed by atoms with Gasteiger partial charge in [-0.3, -0.25) is 18.8 Å². The van der Waals surface area contributed by atoms with Crippen molar-refractivity contribution in [2.24, 2.45) is 14.1 Å². The van der Waals surface area contributed by atoms with Gasteiger partial charge in [-0.1, -0.05) is 0 Å². The fourth-order valence-electron chi connectivity index (χ4n) is 2.60. The van der Waals surface area contributed by atoms with Gasteiger partial charge in [0, 0.05) is 14.1 Å². The number of imidazole rings is 1. The molecule has 3 rings (SSSR count). The lowest BCUT2D eigenvalue weighted by Gasteiger charge is -2.11. The molecule has 102 valence electrons. The van der Waals surface area contributed by atoms with Gasteiger partial charge in [0.25, 0.3) is 5.56 Å². The lowest BCUT2D eigenvalue weighted by Crippen LogP contribution is -2.36. The third-order valence-electron chi connectivity index (χ3n) is 3.72. The predicted molar refractivity (Wildman–Crippen MR) is 71.1 cm³/mol. The molecule has 0 unspecified atom stereocenters. The number of nitrogens with one attached hydrogen (secondary N) is 1. The lowest BCUT2D eigenvalue weighted by molar-refractivity contribution is 0.324. The monoisotopic (exact) mass is 263 g/mol. The van der Waals surface area contributed by atoms with E-state index in [0.29, 0.717) is 17.7 Å². The van der Waals surface area contributed by atoms with Crippen LogP contribution in [0, 0.1) is 0 Å². The third-order valence-corrected chi connectivity index (χ3v) is 3.72. The van der Waals surface area contributed by atoms with Crippen LogP contribution in [0.3, 0.4) is 0 Å². The highest BCUT2D eigenvalue weighted by Gasteiger charge is 2.17. The average molecular weight is 263 g/mol. The first-order chi connectivity index (χ1) is 9.08. The van der Waals surface area contributed by atoms with Gasteiger partial charge in [-0.15, -0.1) is 0 Å². The second-order valence-corrected chi connectivity index (χ2v) is 5.07. The van der Waals surface area contributed by atoms with Crippen molar-refractivity contribution in [2.45, 2.75) is 19.4 Å². The number of hydrogen-bond donors (Lipinski definition) is 1. The Morgan fingerprint density at radius 3 is 2.53 bits per heavy atom. The molecule has 1 fully saturated rings. The molecular weight excluding hydrogens is 246 g/mol. The molecule has 1 aliphatic rings. The molecule has 7 nitrogen and oxygen atoms in total. The maximum Gasteiger partial charge on any atom is 0.332 e. The Labute approximate surface area is 109 Å². The van der Waals surface area contributed by atoms with E-state index in [1.807, 2.05) is 0 Å². The Morgan fingerprint density at radius 1 is 1.16 bits per heavy atom. The minimum atomic E-state index is -0.350. The molecule has 2 aromatic rings. The molecule has 1 aliphatic heterocycles. The highest BCUT2D eigenvalue weighted by atomic mass is 16.2. The van der Waals surface area contributed by atoms with Crippen molar-refractivity contribution < 1.29 is 0 Å². The van der Waals surface area contributed by atoms with Crippen LogP contribution >= 0.6 is 0 Å². The van der Waals surface area contributed by atoms with E-state index < -0.39 is 0 Å². The molecule has 0 bridgehead atoms. The van der Waals surface area contributed by atoms with Gasteiger partial charge in [-0.25, -0.2) is 9.78 Å². The van der Waals surface area contributed by atoms with Crippen LogP contribution in [0.5, 0.6) is 0 Å². The van der Waals surface area contributed by atoms with E-state index in [4.69, 9.17) is 0 Å². The topological polar surface area (TPSA) is 75.9 Å². The van der Waals surface area contributed by atoms with Crippen molar-refractivity contribution >= 4 is 11.2 Å². The van der Waals surface area contributed by atoms with Crippen molar-refractivity contribution in [2.75, 3.05) is 13.1 Å². The van der Waals surface area contributed by atoms with Gasteiger partial charge in [0.1, 0.15) is 11.3 Å². The van der Waals surface area contributed by atoms with Gasteiger partial charge in [0.2, 0.25) is 0 Å². The second kappa shape index (κ2) is 4.34. The maximum atomic E-state index is 12.0. The van der Waals surface area contributed by atoms with Gasteiger partial charge in [-0.05, 0) is 25.9 Å². The average Bonchev–Trinajstić information content (AvgIpc) is 3.04. The number of aryl methyl sites for hydroxylation is 1. The minimum absolute atomic E-state index is 0.321. The number of H-pyrrole nitrogens is 1. The second-order valence-electron chi connectivity index (χ2n) is 5.07. The van der Waals surface area contributed by atoms with E-state index in [1.165, 1.54) is 24.5 Å². The van der Waals surface area contributed by atoms with Gasteiger partial charge in [0.15, 0.2) is 5.65 Å². The number of rotatable bonds is 2. The summed E-state index contributed by atoms with van der Waals surface area (Å²) in [5.74, 6) is 0.746. The molecule has 0 aliphatic carbocycles. The fraction of sp³-hybridized carbons (Fsp3) is 0.583. The van der Waals surface area contributed by atoms with E-state index in [2.05, 4.69) is 14.9 Å². The van der Waals surface area contributed by atoms with Crippen molar-refractivity contribution in [1.82, 2.24) is 24.0 Å². The quantitative estimate of drug-likeness (QED) is 0.796. The molecule has 1 N–H and O–H groups in total. The van der Waals surface area contributed by atoms with Gasteiger partial charge in [-0.2, -0.15) is 0 Å². The molecule has 7 heteroatoms. The summed E-state index contributed by atoms with van der Waals surface area (Å²) in [5, 5.41) is 0. The number of likely N-dealkylation sites (tertiary alicyclic amines) is 1. The molecule has 1 saturated heterocycles. The van der Waals surface area contributed by atoms with Gasteiger partial charge >= 0.3 is 5.69 Å². The van der Waals surface area contributed by atoms with Crippen LogP contribution in [0.4, 0.5) is 0 Å². The molecule has 0 spiro atoms. The summed E-state index contributed by atoms with van der Waals surface area (Å²) >= 11 is 0. The molecule has 0 radical (unpaired) electrons. The van der Waals surface area contributed by atoms with E-state index in [1.54, 1.807) is 7.05 Å². The molecule has 0 saturated carbocycles. The van der Waals surface area contributed by atoms with Crippen LogP contribution < -0.4 is 11.2 Å². The molecule has 2 aromatic heterocycles. The maximum absolute atomic E-state index is 12.0. The first kappa shape index (κ1) is 12.2. The van der Waals surface area contributed by atoms with Crippen molar-refractivity contribution in [3.63, 3.8) is 0 Å². The van der Waals surface area contributed by atoms with E-state index in [-0.39, 0.29) is 11.2 Å². The predicted octanol–water partition coefficient (Wildman–Crippen LogP) is -0.444. The Morgan fingerprint density at radius 2 is 1.84 bits per heavy atom. The zero-order chi connectivity index (χ0) is 13.6. The number of aromatic nitrogens is 4. The third kappa shape index (κ3) is 1.90. The number of hydrogen-bond acceptors (Lipinski definition) is 4. The Hall–Kier alpha value is -1.89. The first-order valence-corrected chi connectivity index (χ1v) is 6.45. The zero-order valence-corrected chi connectivity index (χ0v) is 11.1. The SMILES string of the molecule is Cn1c(=O)c2[nH]c(CN3CCCC3)nc2n(C)c1=O. The number of aromatic amines is 1. The summed E-state index contributed by atoms with van der Waals surface area (Å²) in [6.45, 7) is 2.83. The largest absolute Gasteiger partial charge is 0.335 e. The highest BCUT2D eigenvalue weighted by molar-refractivity contribution is 5.69. The van der Waals surface area contributed by atoms with Crippen LogP contribution in [0.15, 0.2) is 9.59 Å². The zero-order valence-electron chi connectivity index (χ0n) is 11.1. The highest BCUT2D eigenvalue weighted by Crippen LogP contribution is 2.12. The molecule has 0 amide bonds. The first-order valence-electron chi connectivity index (χ1n) is 6.45.